The fraction of sp³-hybridized carbons (Fsp3) is 0.636. The molecule has 1 aromatic rings. The summed E-state index contributed by atoms with van der Waals surface area (Å²) < 4.78 is 26.0. The first-order valence-corrected chi connectivity index (χ1v) is 10.1. The van der Waals surface area contributed by atoms with Gasteiger partial charge in [0.1, 0.15) is 11.4 Å². The molecule has 2 aliphatic rings. The maximum absolute atomic E-state index is 14.2. The molecule has 1 aromatic carbocycles. The number of hydrogen-bond acceptors (Lipinski definition) is 4. The Balaban J connectivity index is 1.73. The Bertz CT molecular complexity index is 779. The third-order valence-electron chi connectivity index (χ3n) is 5.26. The summed E-state index contributed by atoms with van der Waals surface area (Å²) in [4.78, 5) is 28.7. The lowest BCUT2D eigenvalue weighted by atomic mass is 9.86. The van der Waals surface area contributed by atoms with Gasteiger partial charge in [0.25, 0.3) is 5.91 Å². The van der Waals surface area contributed by atoms with Crippen LogP contribution in [0.3, 0.4) is 0 Å². The highest BCUT2D eigenvalue weighted by atomic mass is 19.1. The Labute approximate surface area is 171 Å². The van der Waals surface area contributed by atoms with Gasteiger partial charge in [-0.15, -0.1) is 0 Å². The number of benzene rings is 1. The molecule has 29 heavy (non-hydrogen) atoms. The average Bonchev–Trinajstić information content (AvgIpc) is 2.59. The quantitative estimate of drug-likeness (QED) is 0.711. The number of amides is 2. The van der Waals surface area contributed by atoms with Gasteiger partial charge in [-0.1, -0.05) is 12.1 Å². The predicted octanol–water partition coefficient (Wildman–Crippen LogP) is 3.85. The first-order valence-electron chi connectivity index (χ1n) is 10.1. The van der Waals surface area contributed by atoms with Crippen LogP contribution in [0.2, 0.25) is 0 Å². The van der Waals surface area contributed by atoms with Gasteiger partial charge >= 0.3 is 6.09 Å². The van der Waals surface area contributed by atoms with Crippen LogP contribution in [0.4, 0.5) is 9.18 Å². The monoisotopic (exact) mass is 406 g/mol. The summed E-state index contributed by atoms with van der Waals surface area (Å²) in [6, 6.07) is 6.05. The molecule has 160 valence electrons. The van der Waals surface area contributed by atoms with Crippen LogP contribution in [0, 0.1) is 5.82 Å². The molecule has 0 aliphatic carbocycles. The van der Waals surface area contributed by atoms with Crippen molar-refractivity contribution in [2.45, 2.75) is 64.3 Å². The van der Waals surface area contributed by atoms with Crippen molar-refractivity contribution in [3.63, 3.8) is 0 Å². The van der Waals surface area contributed by atoms with E-state index in [0.29, 0.717) is 39.0 Å². The van der Waals surface area contributed by atoms with Crippen LogP contribution in [0.1, 0.15) is 57.8 Å². The maximum atomic E-state index is 14.2. The molecule has 7 heteroatoms. The summed E-state index contributed by atoms with van der Waals surface area (Å²) in [5, 5.41) is 0. The van der Waals surface area contributed by atoms with Crippen molar-refractivity contribution in [1.29, 1.82) is 0 Å². The van der Waals surface area contributed by atoms with E-state index < -0.39 is 22.6 Å². The van der Waals surface area contributed by atoms with E-state index in [1.54, 1.807) is 21.9 Å². The van der Waals surface area contributed by atoms with Gasteiger partial charge in [0.05, 0.1) is 23.3 Å². The number of halogens is 1. The minimum absolute atomic E-state index is 0.0755. The number of morpholine rings is 1. The molecule has 2 saturated heterocycles. The smallest absolute Gasteiger partial charge is 0.410 e. The molecule has 0 bridgehead atoms. The summed E-state index contributed by atoms with van der Waals surface area (Å²) in [6.45, 7) is 11.2. The van der Waals surface area contributed by atoms with Crippen LogP contribution in [-0.4, -0.2) is 64.8 Å². The van der Waals surface area contributed by atoms with Crippen LogP contribution in [0.25, 0.3) is 0 Å². The van der Waals surface area contributed by atoms with E-state index in [1.807, 2.05) is 34.6 Å². The molecular weight excluding hydrogens is 375 g/mol. The first-order chi connectivity index (χ1) is 13.4. The molecular formula is C22H31FN2O4. The zero-order valence-corrected chi connectivity index (χ0v) is 18.0. The fourth-order valence-electron chi connectivity index (χ4n) is 4.15. The molecule has 6 nitrogen and oxygen atoms in total. The highest BCUT2D eigenvalue weighted by Gasteiger charge is 2.48. The second-order valence-corrected chi connectivity index (χ2v) is 9.65. The van der Waals surface area contributed by atoms with Crippen molar-refractivity contribution in [3.05, 3.63) is 35.6 Å². The molecule has 0 aromatic heterocycles. The number of nitrogens with zero attached hydrogens (tertiary/aromatic N) is 2. The van der Waals surface area contributed by atoms with Crippen molar-refractivity contribution in [3.8, 4) is 0 Å². The molecule has 0 radical (unpaired) electrons. The topological polar surface area (TPSA) is 59.1 Å². The molecule has 0 unspecified atom stereocenters. The zero-order valence-electron chi connectivity index (χ0n) is 18.0. The van der Waals surface area contributed by atoms with Crippen LogP contribution in [0.15, 0.2) is 24.3 Å². The van der Waals surface area contributed by atoms with Gasteiger partial charge in [0.2, 0.25) is 0 Å². The second kappa shape index (κ2) is 7.59. The van der Waals surface area contributed by atoms with Crippen LogP contribution in [-0.2, 0) is 9.47 Å². The van der Waals surface area contributed by atoms with Gasteiger partial charge in [0, 0.05) is 19.6 Å². The summed E-state index contributed by atoms with van der Waals surface area (Å²) >= 11 is 0. The second-order valence-electron chi connectivity index (χ2n) is 9.65. The average molecular weight is 406 g/mol. The number of carbonyl (C=O) groups is 2. The molecule has 2 fully saturated rings. The van der Waals surface area contributed by atoms with Gasteiger partial charge < -0.3 is 19.3 Å². The predicted molar refractivity (Wildman–Crippen MR) is 107 cm³/mol. The van der Waals surface area contributed by atoms with Crippen LogP contribution in [0.5, 0.6) is 0 Å². The Morgan fingerprint density at radius 1 is 1.07 bits per heavy atom. The third-order valence-corrected chi connectivity index (χ3v) is 5.26. The van der Waals surface area contributed by atoms with E-state index in [9.17, 15) is 14.0 Å². The van der Waals surface area contributed by atoms with E-state index in [4.69, 9.17) is 9.47 Å². The van der Waals surface area contributed by atoms with Crippen molar-refractivity contribution >= 4 is 12.0 Å². The van der Waals surface area contributed by atoms with E-state index in [1.165, 1.54) is 12.1 Å². The minimum atomic E-state index is -0.562. The summed E-state index contributed by atoms with van der Waals surface area (Å²) in [5.74, 6) is -0.844. The summed E-state index contributed by atoms with van der Waals surface area (Å²) in [7, 11) is 0. The Morgan fingerprint density at radius 3 is 2.28 bits per heavy atom. The molecule has 1 spiro atoms. The molecule has 0 atom stereocenters. The number of likely N-dealkylation sites (tertiary alicyclic amines) is 1. The molecule has 2 heterocycles. The van der Waals surface area contributed by atoms with Crippen molar-refractivity contribution < 1.29 is 23.5 Å². The fourth-order valence-corrected chi connectivity index (χ4v) is 4.15. The first kappa shape index (κ1) is 21.6. The Hall–Kier alpha value is -2.15. The molecule has 0 N–H and O–H groups in total. The van der Waals surface area contributed by atoms with Gasteiger partial charge in [-0.25, -0.2) is 9.18 Å². The van der Waals surface area contributed by atoms with Gasteiger partial charge in [-0.05, 0) is 59.6 Å². The molecule has 3 rings (SSSR count). The standard InChI is InChI=1S/C22H31FN2O4/c1-20(2,3)28-19(27)24-12-10-22(11-13-24)15-25(14-21(4,5)29-22)18(26)16-8-6-7-9-17(16)23/h6-9H,10-15H2,1-5H3. The third kappa shape index (κ3) is 5.07. The highest BCUT2D eigenvalue weighted by Crippen LogP contribution is 2.37. The minimum Gasteiger partial charge on any atom is -0.444 e. The van der Waals surface area contributed by atoms with Crippen molar-refractivity contribution in [2.24, 2.45) is 0 Å². The highest BCUT2D eigenvalue weighted by molar-refractivity contribution is 5.94. The molecule has 2 amide bonds. The van der Waals surface area contributed by atoms with E-state index >= 15 is 0 Å². The van der Waals surface area contributed by atoms with Crippen LogP contribution >= 0.6 is 0 Å². The maximum Gasteiger partial charge on any atom is 0.410 e. The lowest BCUT2D eigenvalue weighted by molar-refractivity contribution is -0.203. The van der Waals surface area contributed by atoms with E-state index in [2.05, 4.69) is 0 Å². The lowest BCUT2D eigenvalue weighted by Crippen LogP contribution is -2.64. The Kier molecular flexibility index (Phi) is 5.64. The number of ether oxygens (including phenoxy) is 2. The summed E-state index contributed by atoms with van der Waals surface area (Å²) in [6.07, 6.45) is 0.856. The van der Waals surface area contributed by atoms with Crippen LogP contribution < -0.4 is 0 Å². The largest absolute Gasteiger partial charge is 0.444 e. The van der Waals surface area contributed by atoms with Crippen molar-refractivity contribution in [2.75, 3.05) is 26.2 Å². The van der Waals surface area contributed by atoms with E-state index in [-0.39, 0.29) is 17.6 Å². The molecule has 2 aliphatic heterocycles. The van der Waals surface area contributed by atoms with Gasteiger partial charge in [-0.3, -0.25) is 4.79 Å². The summed E-state index contributed by atoms with van der Waals surface area (Å²) in [5.41, 5.74) is -1.58. The van der Waals surface area contributed by atoms with E-state index in [0.717, 1.165) is 0 Å². The number of piperidine rings is 1. The number of rotatable bonds is 1. The van der Waals surface area contributed by atoms with Gasteiger partial charge in [0.15, 0.2) is 0 Å². The molecule has 0 saturated carbocycles. The number of carbonyl (C=O) groups excluding carboxylic acids is 2. The lowest BCUT2D eigenvalue weighted by Gasteiger charge is -2.52. The SMILES string of the molecule is CC(C)(C)OC(=O)N1CCC2(CC1)CN(C(=O)c1ccccc1F)CC(C)(C)O2. The Morgan fingerprint density at radius 2 is 1.69 bits per heavy atom. The zero-order chi connectivity index (χ0) is 21.4. The van der Waals surface area contributed by atoms with Gasteiger partial charge in [-0.2, -0.15) is 0 Å². The number of hydrogen-bond donors (Lipinski definition) is 0. The normalized spacial score (nSPS) is 21.2. The van der Waals surface area contributed by atoms with Crippen molar-refractivity contribution in [1.82, 2.24) is 9.80 Å².